The molecule has 0 amide bonds. The third kappa shape index (κ3) is 7.04. The molecule has 0 fully saturated rings. The molecule has 0 radical (unpaired) electrons. The van der Waals surface area contributed by atoms with Crippen LogP contribution in [0.15, 0.2) is 57.5 Å². The van der Waals surface area contributed by atoms with E-state index in [-0.39, 0.29) is 0 Å². The van der Waals surface area contributed by atoms with E-state index in [0.717, 1.165) is 8.95 Å². The van der Waals surface area contributed by atoms with E-state index < -0.39 is 0 Å². The second kappa shape index (κ2) is 13.0. The summed E-state index contributed by atoms with van der Waals surface area (Å²) in [7, 11) is 0. The molecule has 0 saturated carbocycles. The average Bonchev–Trinajstić information content (AvgIpc) is 3.10. The lowest BCUT2D eigenvalue weighted by atomic mass is 10.0. The molecule has 31 heavy (non-hydrogen) atoms. The number of rotatable bonds is 12. The summed E-state index contributed by atoms with van der Waals surface area (Å²) in [5.74, 6) is 0. The third-order valence-corrected chi connectivity index (χ3v) is 9.80. The zero-order chi connectivity index (χ0) is 22.1. The molecule has 0 unspecified atom stereocenters. The largest absolute Gasteiger partial charge is 0.133 e. The van der Waals surface area contributed by atoms with E-state index in [9.17, 15) is 0 Å². The predicted octanol–water partition coefficient (Wildman–Crippen LogP) is 10.9. The molecule has 3 aromatic rings. The Bertz CT molecular complexity index is 847. The molecular formula is C28H34Br2S. The van der Waals surface area contributed by atoms with Crippen LogP contribution in [0.2, 0.25) is 0 Å². The summed E-state index contributed by atoms with van der Waals surface area (Å²) in [5, 5.41) is 0. The number of benzene rings is 2. The smallest absolute Gasteiger partial charge is 0.0510 e. The maximum Gasteiger partial charge on any atom is 0.0510 e. The van der Waals surface area contributed by atoms with Gasteiger partial charge in [-0.15, -0.1) is 11.3 Å². The van der Waals surface area contributed by atoms with Crippen LogP contribution >= 0.6 is 43.2 Å². The van der Waals surface area contributed by atoms with Gasteiger partial charge in [0.1, 0.15) is 0 Å². The number of hydrogen-bond donors (Lipinski definition) is 0. The van der Waals surface area contributed by atoms with Crippen molar-refractivity contribution in [2.45, 2.75) is 78.1 Å². The van der Waals surface area contributed by atoms with Crippen LogP contribution in [-0.4, -0.2) is 0 Å². The molecule has 0 aliphatic heterocycles. The van der Waals surface area contributed by atoms with E-state index in [4.69, 9.17) is 0 Å². The highest BCUT2D eigenvalue weighted by atomic mass is 79.9. The molecule has 0 N–H and O–H groups in total. The Morgan fingerprint density at radius 3 is 1.29 bits per heavy atom. The zero-order valence-electron chi connectivity index (χ0n) is 18.9. The SMILES string of the molecule is CCCCCCc1ccc(-c2sc(-c3ccc(CCCCCC)cc3)c(Br)c2Br)cc1. The lowest BCUT2D eigenvalue weighted by Gasteiger charge is -2.04. The van der Waals surface area contributed by atoms with Gasteiger partial charge in [0.25, 0.3) is 0 Å². The summed E-state index contributed by atoms with van der Waals surface area (Å²) in [5.41, 5.74) is 5.46. The number of thiophene rings is 1. The van der Waals surface area contributed by atoms with Gasteiger partial charge in [-0.25, -0.2) is 0 Å². The number of halogens is 2. The summed E-state index contributed by atoms with van der Waals surface area (Å²) < 4.78 is 2.32. The first-order valence-electron chi connectivity index (χ1n) is 11.8. The van der Waals surface area contributed by atoms with Crippen molar-refractivity contribution < 1.29 is 0 Å². The van der Waals surface area contributed by atoms with Crippen LogP contribution in [-0.2, 0) is 12.8 Å². The Kier molecular flexibility index (Phi) is 10.3. The normalized spacial score (nSPS) is 11.2. The number of hydrogen-bond acceptors (Lipinski definition) is 1. The minimum Gasteiger partial charge on any atom is -0.133 e. The molecule has 0 nitrogen and oxygen atoms in total. The fraction of sp³-hybridized carbons (Fsp3) is 0.429. The Morgan fingerprint density at radius 2 is 0.935 bits per heavy atom. The van der Waals surface area contributed by atoms with Crippen molar-refractivity contribution in [2.75, 3.05) is 0 Å². The summed E-state index contributed by atoms with van der Waals surface area (Å²) in [6, 6.07) is 18.3. The predicted molar refractivity (Wildman–Crippen MR) is 146 cm³/mol. The van der Waals surface area contributed by atoms with Crippen molar-refractivity contribution in [2.24, 2.45) is 0 Å². The monoisotopic (exact) mass is 560 g/mol. The molecule has 0 atom stereocenters. The van der Waals surface area contributed by atoms with Crippen LogP contribution in [0.5, 0.6) is 0 Å². The Hall–Kier alpha value is -0.900. The zero-order valence-corrected chi connectivity index (χ0v) is 22.8. The van der Waals surface area contributed by atoms with Gasteiger partial charge in [0.15, 0.2) is 0 Å². The molecule has 0 spiro atoms. The molecule has 1 heterocycles. The molecule has 0 aliphatic carbocycles. The fourth-order valence-electron chi connectivity index (χ4n) is 3.92. The van der Waals surface area contributed by atoms with Gasteiger partial charge in [0.05, 0.1) is 18.7 Å². The second-order valence-electron chi connectivity index (χ2n) is 8.40. The fourth-order valence-corrected chi connectivity index (χ4v) is 6.62. The summed E-state index contributed by atoms with van der Waals surface area (Å²) in [6.45, 7) is 4.53. The van der Waals surface area contributed by atoms with E-state index in [1.807, 2.05) is 11.3 Å². The number of unbranched alkanes of at least 4 members (excludes halogenated alkanes) is 6. The Morgan fingerprint density at radius 1 is 0.548 bits per heavy atom. The Labute approximate surface area is 209 Å². The maximum atomic E-state index is 3.84. The highest BCUT2D eigenvalue weighted by Gasteiger charge is 2.17. The van der Waals surface area contributed by atoms with Gasteiger partial charge >= 0.3 is 0 Å². The van der Waals surface area contributed by atoms with E-state index in [1.165, 1.54) is 96.2 Å². The Balaban J connectivity index is 1.70. The molecule has 2 aromatic carbocycles. The van der Waals surface area contributed by atoms with Gasteiger partial charge in [0.2, 0.25) is 0 Å². The highest BCUT2D eigenvalue weighted by molar-refractivity contribution is 9.13. The summed E-state index contributed by atoms with van der Waals surface area (Å²) in [4.78, 5) is 2.59. The van der Waals surface area contributed by atoms with Crippen LogP contribution in [0.1, 0.15) is 76.3 Å². The van der Waals surface area contributed by atoms with E-state index in [1.54, 1.807) is 0 Å². The van der Waals surface area contributed by atoms with Crippen LogP contribution < -0.4 is 0 Å². The molecular weight excluding hydrogens is 528 g/mol. The van der Waals surface area contributed by atoms with Crippen LogP contribution in [0, 0.1) is 0 Å². The van der Waals surface area contributed by atoms with Crippen molar-refractivity contribution in [3.63, 3.8) is 0 Å². The first-order valence-corrected chi connectivity index (χ1v) is 14.2. The molecule has 3 rings (SSSR count). The quantitative estimate of drug-likeness (QED) is 0.193. The first-order chi connectivity index (χ1) is 15.1. The van der Waals surface area contributed by atoms with Gasteiger partial charge in [0, 0.05) is 0 Å². The summed E-state index contributed by atoms with van der Waals surface area (Å²) >= 11 is 9.54. The minimum absolute atomic E-state index is 1.16. The van der Waals surface area contributed by atoms with Crippen molar-refractivity contribution in [3.8, 4) is 20.9 Å². The van der Waals surface area contributed by atoms with Crippen molar-refractivity contribution >= 4 is 43.2 Å². The average molecular weight is 562 g/mol. The maximum absolute atomic E-state index is 3.84. The van der Waals surface area contributed by atoms with Crippen LogP contribution in [0.25, 0.3) is 20.9 Å². The van der Waals surface area contributed by atoms with Gasteiger partial charge in [-0.05, 0) is 79.8 Å². The molecule has 3 heteroatoms. The number of aryl methyl sites for hydroxylation is 2. The van der Waals surface area contributed by atoms with Gasteiger partial charge in [-0.1, -0.05) is 101 Å². The van der Waals surface area contributed by atoms with Crippen molar-refractivity contribution in [1.29, 1.82) is 0 Å². The minimum atomic E-state index is 1.16. The second-order valence-corrected chi connectivity index (χ2v) is 11.0. The third-order valence-electron chi connectivity index (χ3n) is 5.87. The van der Waals surface area contributed by atoms with Crippen molar-refractivity contribution in [3.05, 3.63) is 68.6 Å². The molecule has 166 valence electrons. The van der Waals surface area contributed by atoms with E-state index in [0.29, 0.717) is 0 Å². The molecule has 0 saturated heterocycles. The first kappa shape index (κ1) is 24.7. The molecule has 1 aromatic heterocycles. The standard InChI is InChI=1S/C28H34Br2S/c1-3-5-7-9-11-21-13-17-23(18-14-21)27-25(29)26(30)28(31-27)24-19-15-22(16-20-24)12-10-8-6-4-2/h13-20H,3-12H2,1-2H3. The molecule has 0 bridgehead atoms. The lowest BCUT2D eigenvalue weighted by Crippen LogP contribution is -1.86. The van der Waals surface area contributed by atoms with E-state index in [2.05, 4.69) is 94.2 Å². The highest BCUT2D eigenvalue weighted by Crippen LogP contribution is 2.48. The van der Waals surface area contributed by atoms with Gasteiger partial charge in [-0.2, -0.15) is 0 Å². The van der Waals surface area contributed by atoms with Gasteiger partial charge in [-0.3, -0.25) is 0 Å². The summed E-state index contributed by atoms with van der Waals surface area (Å²) in [6.07, 6.45) is 12.9. The van der Waals surface area contributed by atoms with Gasteiger partial charge < -0.3 is 0 Å². The van der Waals surface area contributed by atoms with Crippen molar-refractivity contribution in [1.82, 2.24) is 0 Å². The lowest BCUT2D eigenvalue weighted by molar-refractivity contribution is 0.667. The van der Waals surface area contributed by atoms with Crippen LogP contribution in [0.3, 0.4) is 0 Å². The van der Waals surface area contributed by atoms with Crippen LogP contribution in [0.4, 0.5) is 0 Å². The topological polar surface area (TPSA) is 0 Å². The van der Waals surface area contributed by atoms with E-state index >= 15 is 0 Å². The molecule has 0 aliphatic rings.